The minimum Gasteiger partial charge on any atom is -0.490 e. The minimum atomic E-state index is -0.869. The third kappa shape index (κ3) is 6.22. The van der Waals surface area contributed by atoms with Gasteiger partial charge in [0.2, 0.25) is 0 Å². The molecule has 1 aliphatic rings. The molecule has 0 bridgehead atoms. The number of nitrogens with one attached hydrogen (secondary N) is 2. The SMILES string of the molecule is CCOc1cc(COc2ccc(Cl)cc2C=C2C(=O)NC(=O)NC2=O)ccc1OCc1ccccc1. The maximum absolute atomic E-state index is 12.1. The Morgan fingerprint density at radius 3 is 2.14 bits per heavy atom. The molecule has 0 spiro atoms. The lowest BCUT2D eigenvalue weighted by Gasteiger charge is -2.16. The van der Waals surface area contributed by atoms with Crippen molar-refractivity contribution in [2.75, 3.05) is 6.61 Å². The number of urea groups is 1. The van der Waals surface area contributed by atoms with Gasteiger partial charge in [-0.3, -0.25) is 20.2 Å². The summed E-state index contributed by atoms with van der Waals surface area (Å²) < 4.78 is 17.7. The summed E-state index contributed by atoms with van der Waals surface area (Å²) in [6, 6.07) is 19.3. The first-order valence-electron chi connectivity index (χ1n) is 11.2. The van der Waals surface area contributed by atoms with Crippen LogP contribution in [0.25, 0.3) is 6.08 Å². The molecule has 2 N–H and O–H groups in total. The van der Waals surface area contributed by atoms with E-state index in [0.29, 0.717) is 41.0 Å². The highest BCUT2D eigenvalue weighted by Crippen LogP contribution is 2.31. The summed E-state index contributed by atoms with van der Waals surface area (Å²) in [5.74, 6) is -0.00515. The number of halogens is 1. The fourth-order valence-electron chi connectivity index (χ4n) is 3.45. The van der Waals surface area contributed by atoms with Crippen molar-refractivity contribution in [3.63, 3.8) is 0 Å². The molecule has 8 nitrogen and oxygen atoms in total. The molecule has 36 heavy (non-hydrogen) atoms. The number of amides is 4. The molecule has 184 valence electrons. The lowest BCUT2D eigenvalue weighted by atomic mass is 10.1. The van der Waals surface area contributed by atoms with Gasteiger partial charge in [-0.05, 0) is 54.5 Å². The van der Waals surface area contributed by atoms with Gasteiger partial charge in [-0.25, -0.2) is 4.79 Å². The highest BCUT2D eigenvalue weighted by atomic mass is 35.5. The second kappa shape index (κ2) is 11.4. The average Bonchev–Trinajstić information content (AvgIpc) is 2.86. The molecular weight excluding hydrogens is 484 g/mol. The maximum atomic E-state index is 12.1. The van der Waals surface area contributed by atoms with Crippen molar-refractivity contribution >= 4 is 35.5 Å². The van der Waals surface area contributed by atoms with Crippen LogP contribution in [0.5, 0.6) is 17.2 Å². The van der Waals surface area contributed by atoms with Crippen LogP contribution < -0.4 is 24.8 Å². The molecule has 0 aliphatic carbocycles. The molecule has 1 heterocycles. The standard InChI is InChI=1S/C27H23ClN2O6/c1-2-34-24-12-18(8-10-23(24)36-15-17-6-4-3-5-7-17)16-35-22-11-9-20(28)13-19(22)14-21-25(31)29-27(33)30-26(21)32/h3-14H,2,15-16H2,1H3,(H2,29,30,31,32,33). The fraction of sp³-hybridized carbons (Fsp3) is 0.148. The normalized spacial score (nSPS) is 13.1. The molecule has 9 heteroatoms. The highest BCUT2D eigenvalue weighted by molar-refractivity contribution is 6.32. The van der Waals surface area contributed by atoms with Crippen molar-refractivity contribution in [1.29, 1.82) is 0 Å². The van der Waals surface area contributed by atoms with Gasteiger partial charge in [0.15, 0.2) is 11.5 Å². The molecular formula is C27H23ClN2O6. The molecule has 1 fully saturated rings. The molecule has 0 saturated carbocycles. The van der Waals surface area contributed by atoms with Gasteiger partial charge in [-0.15, -0.1) is 0 Å². The molecule has 0 unspecified atom stereocenters. The monoisotopic (exact) mass is 506 g/mol. The van der Waals surface area contributed by atoms with Crippen LogP contribution in [0.2, 0.25) is 5.02 Å². The van der Waals surface area contributed by atoms with Crippen molar-refractivity contribution in [3.05, 3.63) is 94.0 Å². The number of hydrogen-bond acceptors (Lipinski definition) is 6. The number of carbonyl (C=O) groups is 3. The van der Waals surface area contributed by atoms with E-state index >= 15 is 0 Å². The molecule has 0 radical (unpaired) electrons. The molecule has 3 aromatic rings. The molecule has 0 aromatic heterocycles. The van der Waals surface area contributed by atoms with Gasteiger partial charge in [-0.1, -0.05) is 48.0 Å². The van der Waals surface area contributed by atoms with Crippen molar-refractivity contribution in [3.8, 4) is 17.2 Å². The van der Waals surface area contributed by atoms with E-state index in [1.165, 1.54) is 6.08 Å². The zero-order valence-electron chi connectivity index (χ0n) is 19.4. The predicted molar refractivity (Wildman–Crippen MR) is 134 cm³/mol. The van der Waals surface area contributed by atoms with Gasteiger partial charge in [0, 0.05) is 10.6 Å². The number of ether oxygens (including phenoxy) is 3. The number of benzene rings is 3. The van der Waals surface area contributed by atoms with Crippen molar-refractivity contribution in [2.45, 2.75) is 20.1 Å². The quantitative estimate of drug-likeness (QED) is 0.323. The first kappa shape index (κ1) is 24.8. The summed E-state index contributed by atoms with van der Waals surface area (Å²) in [6.07, 6.45) is 1.32. The Morgan fingerprint density at radius 1 is 0.750 bits per heavy atom. The molecule has 4 rings (SSSR count). The van der Waals surface area contributed by atoms with E-state index in [0.717, 1.165) is 11.1 Å². The smallest absolute Gasteiger partial charge is 0.328 e. The van der Waals surface area contributed by atoms with Crippen LogP contribution in [0.3, 0.4) is 0 Å². The summed E-state index contributed by atoms with van der Waals surface area (Å²) in [7, 11) is 0. The van der Waals surface area contributed by atoms with Gasteiger partial charge in [0.25, 0.3) is 11.8 Å². The first-order valence-corrected chi connectivity index (χ1v) is 11.5. The van der Waals surface area contributed by atoms with E-state index in [2.05, 4.69) is 0 Å². The topological polar surface area (TPSA) is 103 Å². The van der Waals surface area contributed by atoms with Crippen molar-refractivity contribution in [2.24, 2.45) is 0 Å². The van der Waals surface area contributed by atoms with E-state index in [9.17, 15) is 14.4 Å². The summed E-state index contributed by atoms with van der Waals surface area (Å²) >= 11 is 6.12. The van der Waals surface area contributed by atoms with Crippen molar-refractivity contribution in [1.82, 2.24) is 10.6 Å². The third-order valence-electron chi connectivity index (χ3n) is 5.15. The van der Waals surface area contributed by atoms with E-state index in [1.807, 2.05) is 66.1 Å². The van der Waals surface area contributed by atoms with Gasteiger partial charge in [-0.2, -0.15) is 0 Å². The summed E-state index contributed by atoms with van der Waals surface area (Å²) in [6.45, 7) is 2.94. The van der Waals surface area contributed by atoms with Crippen LogP contribution in [0.4, 0.5) is 4.79 Å². The number of rotatable bonds is 9. The van der Waals surface area contributed by atoms with Gasteiger partial charge in [0.05, 0.1) is 6.61 Å². The largest absolute Gasteiger partial charge is 0.490 e. The van der Waals surface area contributed by atoms with Gasteiger partial charge in [0.1, 0.15) is 24.5 Å². The number of hydrogen-bond donors (Lipinski definition) is 2. The average molecular weight is 507 g/mol. The summed E-state index contributed by atoms with van der Waals surface area (Å²) in [4.78, 5) is 35.5. The summed E-state index contributed by atoms with van der Waals surface area (Å²) in [5, 5.41) is 4.47. The molecule has 1 saturated heterocycles. The lowest BCUT2D eigenvalue weighted by molar-refractivity contribution is -0.123. The van der Waals surface area contributed by atoms with Gasteiger partial charge < -0.3 is 14.2 Å². The second-order valence-electron chi connectivity index (χ2n) is 7.75. The molecule has 3 aromatic carbocycles. The van der Waals surface area contributed by atoms with Crippen LogP contribution in [-0.2, 0) is 22.8 Å². The van der Waals surface area contributed by atoms with Crippen LogP contribution >= 0.6 is 11.6 Å². The minimum absolute atomic E-state index is 0.174. The predicted octanol–water partition coefficient (Wildman–Crippen LogP) is 4.65. The van der Waals surface area contributed by atoms with E-state index in [1.54, 1.807) is 18.2 Å². The third-order valence-corrected chi connectivity index (χ3v) is 5.39. The summed E-state index contributed by atoms with van der Waals surface area (Å²) in [5.41, 5.74) is 2.03. The Labute approximate surface area is 212 Å². The Bertz CT molecular complexity index is 1300. The van der Waals surface area contributed by atoms with Crippen molar-refractivity contribution < 1.29 is 28.6 Å². The Hall–Kier alpha value is -4.30. The maximum Gasteiger partial charge on any atom is 0.328 e. The molecule has 0 atom stereocenters. The fourth-order valence-corrected chi connectivity index (χ4v) is 3.63. The number of imide groups is 2. The zero-order valence-corrected chi connectivity index (χ0v) is 20.1. The van der Waals surface area contributed by atoms with Crippen LogP contribution in [0, 0.1) is 0 Å². The lowest BCUT2D eigenvalue weighted by Crippen LogP contribution is -2.51. The van der Waals surface area contributed by atoms with Crippen LogP contribution in [-0.4, -0.2) is 24.5 Å². The Balaban J connectivity index is 1.51. The van der Waals surface area contributed by atoms with Crippen LogP contribution in [0.15, 0.2) is 72.3 Å². The van der Waals surface area contributed by atoms with Gasteiger partial charge >= 0.3 is 6.03 Å². The molecule has 1 aliphatic heterocycles. The number of carbonyl (C=O) groups excluding carboxylic acids is 3. The van der Waals surface area contributed by atoms with Crippen LogP contribution in [0.1, 0.15) is 23.6 Å². The molecule has 4 amide bonds. The number of barbiturate groups is 1. The van der Waals surface area contributed by atoms with E-state index < -0.39 is 17.8 Å². The Kier molecular flexibility index (Phi) is 7.87. The Morgan fingerprint density at radius 2 is 1.42 bits per heavy atom. The van der Waals surface area contributed by atoms with E-state index in [4.69, 9.17) is 25.8 Å². The highest BCUT2D eigenvalue weighted by Gasteiger charge is 2.28. The van der Waals surface area contributed by atoms with E-state index in [-0.39, 0.29) is 12.2 Å². The zero-order chi connectivity index (χ0) is 25.5. The second-order valence-corrected chi connectivity index (χ2v) is 8.19. The first-order chi connectivity index (χ1) is 17.4.